The SMILES string of the molecule is CCc1cccc(CC)c1N1C(=NC(=O)Cc2ccc(OC)c(OC)c2)SC2CS(=O)(=O)CC21. The monoisotopic (exact) mass is 502 g/mol. The molecule has 2 aliphatic rings. The lowest BCUT2D eigenvalue weighted by Gasteiger charge is -2.29. The third-order valence-electron chi connectivity index (χ3n) is 6.30. The number of para-hydroxylation sites is 1. The summed E-state index contributed by atoms with van der Waals surface area (Å²) in [6.07, 6.45) is 1.73. The smallest absolute Gasteiger partial charge is 0.252 e. The Labute approximate surface area is 205 Å². The fraction of sp³-hybridized carbons (Fsp3) is 0.440. The number of ether oxygens (including phenoxy) is 2. The average molecular weight is 503 g/mol. The second-order valence-corrected chi connectivity index (χ2v) is 11.8. The summed E-state index contributed by atoms with van der Waals surface area (Å²) >= 11 is 1.41. The molecule has 9 heteroatoms. The average Bonchev–Trinajstić information content (AvgIpc) is 3.28. The minimum absolute atomic E-state index is 0.0781. The highest BCUT2D eigenvalue weighted by atomic mass is 32.2. The van der Waals surface area contributed by atoms with Crippen LogP contribution in [0.4, 0.5) is 5.69 Å². The van der Waals surface area contributed by atoms with Gasteiger partial charge in [-0.15, -0.1) is 0 Å². The molecule has 0 N–H and O–H groups in total. The van der Waals surface area contributed by atoms with Crippen LogP contribution in [0, 0.1) is 0 Å². The zero-order chi connectivity index (χ0) is 24.5. The number of amides is 1. The first-order valence-electron chi connectivity index (χ1n) is 11.4. The van der Waals surface area contributed by atoms with E-state index in [9.17, 15) is 13.2 Å². The number of methoxy groups -OCH3 is 2. The van der Waals surface area contributed by atoms with Crippen molar-refractivity contribution in [2.75, 3.05) is 30.6 Å². The fourth-order valence-corrected chi connectivity index (χ4v) is 8.58. The molecule has 0 aromatic heterocycles. The van der Waals surface area contributed by atoms with Crippen LogP contribution in [0.1, 0.15) is 30.5 Å². The third kappa shape index (κ3) is 4.81. The summed E-state index contributed by atoms with van der Waals surface area (Å²) in [5.41, 5.74) is 4.03. The van der Waals surface area contributed by atoms with Gasteiger partial charge < -0.3 is 14.4 Å². The van der Waals surface area contributed by atoms with Crippen molar-refractivity contribution in [3.63, 3.8) is 0 Å². The molecule has 0 aliphatic carbocycles. The van der Waals surface area contributed by atoms with Crippen LogP contribution in [0.2, 0.25) is 0 Å². The Balaban J connectivity index is 1.70. The molecule has 0 saturated carbocycles. The number of nitrogens with zero attached hydrogens (tertiary/aromatic N) is 2. The highest BCUT2D eigenvalue weighted by Crippen LogP contribution is 2.43. The van der Waals surface area contributed by atoms with E-state index in [1.54, 1.807) is 26.4 Å². The van der Waals surface area contributed by atoms with Crippen LogP contribution in [-0.2, 0) is 33.9 Å². The van der Waals surface area contributed by atoms with Gasteiger partial charge in [0, 0.05) is 10.9 Å². The van der Waals surface area contributed by atoms with Gasteiger partial charge in [-0.1, -0.05) is 49.9 Å². The number of fused-ring (bicyclic) bond motifs is 1. The molecule has 2 unspecified atom stereocenters. The van der Waals surface area contributed by atoms with Crippen LogP contribution in [0.5, 0.6) is 11.5 Å². The molecule has 0 bridgehead atoms. The molecule has 2 aliphatic heterocycles. The van der Waals surface area contributed by atoms with E-state index in [0.29, 0.717) is 16.7 Å². The Hall–Kier alpha value is -2.52. The molecule has 182 valence electrons. The predicted octanol–water partition coefficient (Wildman–Crippen LogP) is 3.67. The summed E-state index contributed by atoms with van der Waals surface area (Å²) < 4.78 is 35.5. The first-order valence-corrected chi connectivity index (χ1v) is 14.1. The number of rotatable bonds is 7. The highest BCUT2D eigenvalue weighted by molar-refractivity contribution is 8.16. The van der Waals surface area contributed by atoms with Crippen molar-refractivity contribution < 1.29 is 22.7 Å². The maximum Gasteiger partial charge on any atom is 0.252 e. The maximum absolute atomic E-state index is 13.0. The number of sulfone groups is 1. The summed E-state index contributed by atoms with van der Waals surface area (Å²) in [5, 5.41) is 0.457. The first kappa shape index (κ1) is 24.6. The lowest BCUT2D eigenvalue weighted by molar-refractivity contribution is -0.117. The molecule has 2 aromatic carbocycles. The summed E-state index contributed by atoms with van der Waals surface area (Å²) in [7, 11) is -0.00714. The molecule has 0 radical (unpaired) electrons. The Morgan fingerprint density at radius 3 is 2.35 bits per heavy atom. The van der Waals surface area contributed by atoms with Crippen molar-refractivity contribution in [2.24, 2.45) is 4.99 Å². The van der Waals surface area contributed by atoms with Crippen molar-refractivity contribution in [3.05, 3.63) is 53.1 Å². The van der Waals surface area contributed by atoms with Gasteiger partial charge >= 0.3 is 0 Å². The summed E-state index contributed by atoms with van der Waals surface area (Å²) in [6.45, 7) is 4.17. The van der Waals surface area contributed by atoms with Gasteiger partial charge in [-0.05, 0) is 41.7 Å². The lowest BCUT2D eigenvalue weighted by atomic mass is 10.0. The third-order valence-corrected chi connectivity index (χ3v) is 9.51. The number of amidine groups is 1. The van der Waals surface area contributed by atoms with E-state index in [1.807, 2.05) is 17.0 Å². The van der Waals surface area contributed by atoms with Crippen LogP contribution in [-0.4, -0.2) is 56.5 Å². The van der Waals surface area contributed by atoms with Gasteiger partial charge in [0.2, 0.25) is 0 Å². The number of carbonyl (C=O) groups excluding carboxylic acids is 1. The number of carbonyl (C=O) groups is 1. The first-order chi connectivity index (χ1) is 16.3. The molecule has 4 rings (SSSR count). The standard InChI is InChI=1S/C25H30N2O5S2/c1-5-17-8-7-9-18(6-2)24(17)27-19-14-34(29,30)15-22(19)33-25(27)26-23(28)13-16-10-11-20(31-3)21(12-16)32-4/h7-12,19,22H,5-6,13-15H2,1-4H3. The quantitative estimate of drug-likeness (QED) is 0.571. The van der Waals surface area contributed by atoms with E-state index < -0.39 is 9.84 Å². The topological polar surface area (TPSA) is 85.3 Å². The van der Waals surface area contributed by atoms with Crippen molar-refractivity contribution in [2.45, 2.75) is 44.4 Å². The Morgan fingerprint density at radius 1 is 1.06 bits per heavy atom. The molecule has 1 amide bonds. The number of aliphatic imine (C=N–C) groups is 1. The second kappa shape index (κ2) is 10.00. The van der Waals surface area contributed by atoms with Gasteiger partial charge in [-0.2, -0.15) is 4.99 Å². The zero-order valence-electron chi connectivity index (χ0n) is 19.9. The second-order valence-electron chi connectivity index (χ2n) is 8.46. The number of aryl methyl sites for hydroxylation is 2. The molecule has 2 heterocycles. The maximum atomic E-state index is 13.0. The lowest BCUT2D eigenvalue weighted by Crippen LogP contribution is -2.39. The van der Waals surface area contributed by atoms with Crippen LogP contribution in [0.25, 0.3) is 0 Å². The van der Waals surface area contributed by atoms with Gasteiger partial charge in [-0.25, -0.2) is 8.42 Å². The van der Waals surface area contributed by atoms with Gasteiger partial charge in [0.1, 0.15) is 0 Å². The number of hydrogen-bond acceptors (Lipinski definition) is 6. The largest absolute Gasteiger partial charge is 0.493 e. The van der Waals surface area contributed by atoms with Crippen LogP contribution < -0.4 is 14.4 Å². The molecular formula is C25H30N2O5S2. The molecular weight excluding hydrogens is 472 g/mol. The zero-order valence-corrected chi connectivity index (χ0v) is 21.5. The number of thioether (sulfide) groups is 1. The molecule has 2 atom stereocenters. The molecule has 2 fully saturated rings. The van der Waals surface area contributed by atoms with Crippen LogP contribution in [0.15, 0.2) is 41.4 Å². The van der Waals surface area contributed by atoms with E-state index in [2.05, 4.69) is 31.0 Å². The normalized spacial score (nSPS) is 22.1. The predicted molar refractivity (Wildman–Crippen MR) is 137 cm³/mol. The number of anilines is 1. The van der Waals surface area contributed by atoms with Gasteiger partial charge in [0.05, 0.1) is 38.2 Å². The van der Waals surface area contributed by atoms with Crippen LogP contribution in [0.3, 0.4) is 0 Å². The summed E-state index contributed by atoms with van der Waals surface area (Å²) in [6, 6.07) is 11.3. The minimum Gasteiger partial charge on any atom is -0.493 e. The van der Waals surface area contributed by atoms with E-state index in [1.165, 1.54) is 11.8 Å². The summed E-state index contributed by atoms with van der Waals surface area (Å²) in [5.74, 6) is 1.06. The Morgan fingerprint density at radius 2 is 1.74 bits per heavy atom. The van der Waals surface area contributed by atoms with E-state index in [4.69, 9.17) is 9.47 Å². The molecule has 2 aromatic rings. The fourth-order valence-electron chi connectivity index (χ4n) is 4.66. The highest BCUT2D eigenvalue weighted by Gasteiger charge is 2.50. The Kier molecular flexibility index (Phi) is 7.23. The van der Waals surface area contributed by atoms with Gasteiger partial charge in [0.25, 0.3) is 5.91 Å². The molecule has 2 saturated heterocycles. The van der Waals surface area contributed by atoms with Crippen molar-refractivity contribution in [3.8, 4) is 11.5 Å². The minimum atomic E-state index is -3.13. The number of benzene rings is 2. The molecule has 34 heavy (non-hydrogen) atoms. The Bertz CT molecular complexity index is 1200. The van der Waals surface area contributed by atoms with E-state index in [0.717, 1.165) is 35.2 Å². The van der Waals surface area contributed by atoms with Crippen molar-refractivity contribution in [1.82, 2.24) is 0 Å². The summed E-state index contributed by atoms with van der Waals surface area (Å²) in [4.78, 5) is 19.6. The van der Waals surface area contributed by atoms with Gasteiger partial charge in [0.15, 0.2) is 26.5 Å². The van der Waals surface area contributed by atoms with Crippen molar-refractivity contribution >= 4 is 38.4 Å². The number of hydrogen-bond donors (Lipinski definition) is 0. The molecule has 7 nitrogen and oxygen atoms in total. The molecule has 0 spiro atoms. The van der Waals surface area contributed by atoms with E-state index >= 15 is 0 Å². The van der Waals surface area contributed by atoms with Crippen molar-refractivity contribution in [1.29, 1.82) is 0 Å². The van der Waals surface area contributed by atoms with Crippen LogP contribution >= 0.6 is 11.8 Å². The van der Waals surface area contributed by atoms with E-state index in [-0.39, 0.29) is 35.1 Å². The van der Waals surface area contributed by atoms with Gasteiger partial charge in [-0.3, -0.25) is 4.79 Å².